The number of rotatable bonds is 3. The molecule has 1 aromatic carbocycles. The Labute approximate surface area is 117 Å². The molecule has 0 amide bonds. The van der Waals surface area contributed by atoms with Gasteiger partial charge in [-0.05, 0) is 37.2 Å². The summed E-state index contributed by atoms with van der Waals surface area (Å²) >= 11 is 0. The van der Waals surface area contributed by atoms with Gasteiger partial charge in [-0.3, -0.25) is 4.90 Å². The van der Waals surface area contributed by atoms with Crippen LogP contribution >= 0.6 is 0 Å². The van der Waals surface area contributed by atoms with Crippen molar-refractivity contribution in [3.8, 4) is 0 Å². The maximum Gasteiger partial charge on any atom is 0.416 e. The molecule has 1 N–H and O–H groups in total. The van der Waals surface area contributed by atoms with Gasteiger partial charge in [-0.25, -0.2) is 0 Å². The average Bonchev–Trinajstić information content (AvgIpc) is 2.67. The monoisotopic (exact) mass is 284 g/mol. The minimum absolute atomic E-state index is 0.603. The van der Waals surface area contributed by atoms with E-state index in [-0.39, 0.29) is 0 Å². The van der Waals surface area contributed by atoms with Crippen LogP contribution in [-0.2, 0) is 6.18 Å². The van der Waals surface area contributed by atoms with Crippen molar-refractivity contribution in [2.24, 2.45) is 0 Å². The Morgan fingerprint density at radius 2 is 1.85 bits per heavy atom. The lowest BCUT2D eigenvalue weighted by molar-refractivity contribution is -0.137. The Balaban J connectivity index is 1.87. The first-order valence-corrected chi connectivity index (χ1v) is 6.82. The van der Waals surface area contributed by atoms with Crippen LogP contribution in [0.4, 0.5) is 13.2 Å². The summed E-state index contributed by atoms with van der Waals surface area (Å²) in [6.45, 7) is 4.96. The number of alkyl halides is 3. The SMILES string of the molecule is FC(F)(F)c1ccc(C=CCN2CCCNCC2)cc1. The van der Waals surface area contributed by atoms with E-state index in [4.69, 9.17) is 0 Å². The van der Waals surface area contributed by atoms with Crippen molar-refractivity contribution in [3.05, 3.63) is 41.5 Å². The third kappa shape index (κ3) is 4.65. The quantitative estimate of drug-likeness (QED) is 0.918. The highest BCUT2D eigenvalue weighted by molar-refractivity contribution is 5.50. The fourth-order valence-corrected chi connectivity index (χ4v) is 2.21. The zero-order valence-corrected chi connectivity index (χ0v) is 11.3. The highest BCUT2D eigenvalue weighted by Gasteiger charge is 2.29. The predicted octanol–water partition coefficient (Wildman–Crippen LogP) is 3.01. The molecule has 1 aliphatic heterocycles. The van der Waals surface area contributed by atoms with Crippen molar-refractivity contribution >= 4 is 6.08 Å². The van der Waals surface area contributed by atoms with Crippen LogP contribution in [0.5, 0.6) is 0 Å². The molecule has 1 aliphatic rings. The summed E-state index contributed by atoms with van der Waals surface area (Å²) in [6, 6.07) is 5.25. The molecule has 0 saturated carbocycles. The maximum absolute atomic E-state index is 12.4. The van der Waals surface area contributed by atoms with E-state index in [0.29, 0.717) is 0 Å². The van der Waals surface area contributed by atoms with Gasteiger partial charge in [0.1, 0.15) is 0 Å². The Kier molecular flexibility index (Phi) is 5.20. The second-order valence-corrected chi connectivity index (χ2v) is 4.93. The Hall–Kier alpha value is -1.33. The van der Waals surface area contributed by atoms with E-state index in [2.05, 4.69) is 10.2 Å². The number of nitrogens with one attached hydrogen (secondary N) is 1. The summed E-state index contributed by atoms with van der Waals surface area (Å²) in [5.74, 6) is 0. The average molecular weight is 284 g/mol. The van der Waals surface area contributed by atoms with Crippen LogP contribution in [0.1, 0.15) is 17.5 Å². The molecule has 2 rings (SSSR count). The van der Waals surface area contributed by atoms with Crippen LogP contribution in [-0.4, -0.2) is 37.6 Å². The van der Waals surface area contributed by atoms with Crippen molar-refractivity contribution in [2.45, 2.75) is 12.6 Å². The normalized spacial score (nSPS) is 18.4. The van der Waals surface area contributed by atoms with Gasteiger partial charge < -0.3 is 5.32 Å². The van der Waals surface area contributed by atoms with Crippen molar-refractivity contribution in [2.75, 3.05) is 32.7 Å². The van der Waals surface area contributed by atoms with Gasteiger partial charge in [0.25, 0.3) is 0 Å². The molecule has 1 fully saturated rings. The number of benzene rings is 1. The molecule has 1 heterocycles. The number of hydrogen-bond acceptors (Lipinski definition) is 2. The fraction of sp³-hybridized carbons (Fsp3) is 0.467. The molecular formula is C15H19F3N2. The van der Waals surface area contributed by atoms with Gasteiger partial charge in [-0.2, -0.15) is 13.2 Å². The standard InChI is InChI=1S/C15H19F3N2/c16-15(17,18)14-6-4-13(5-7-14)3-1-10-20-11-2-8-19-9-12-20/h1,3-7,19H,2,8-12H2. The molecule has 1 aromatic rings. The molecule has 0 spiro atoms. The van der Waals surface area contributed by atoms with Crippen LogP contribution in [0.15, 0.2) is 30.3 Å². The van der Waals surface area contributed by atoms with E-state index >= 15 is 0 Å². The van der Waals surface area contributed by atoms with Gasteiger partial charge in [-0.15, -0.1) is 0 Å². The number of hydrogen-bond donors (Lipinski definition) is 1. The first kappa shape index (κ1) is 15.1. The third-order valence-corrected chi connectivity index (χ3v) is 3.34. The maximum atomic E-state index is 12.4. The summed E-state index contributed by atoms with van der Waals surface area (Å²) in [6.07, 6.45) is 0.752. The lowest BCUT2D eigenvalue weighted by Gasteiger charge is -2.16. The van der Waals surface area contributed by atoms with E-state index in [1.54, 1.807) is 0 Å². The van der Waals surface area contributed by atoms with E-state index in [9.17, 15) is 13.2 Å². The Morgan fingerprint density at radius 3 is 2.55 bits per heavy atom. The smallest absolute Gasteiger partial charge is 0.315 e. The van der Waals surface area contributed by atoms with Crippen LogP contribution in [0.2, 0.25) is 0 Å². The fourth-order valence-electron chi connectivity index (χ4n) is 2.21. The van der Waals surface area contributed by atoms with Gasteiger partial charge in [0, 0.05) is 19.6 Å². The van der Waals surface area contributed by atoms with Crippen molar-refractivity contribution in [1.82, 2.24) is 10.2 Å². The Bertz CT molecular complexity index is 429. The predicted molar refractivity (Wildman–Crippen MR) is 74.4 cm³/mol. The van der Waals surface area contributed by atoms with Gasteiger partial charge >= 0.3 is 6.18 Å². The van der Waals surface area contributed by atoms with Gasteiger partial charge in [0.15, 0.2) is 0 Å². The molecule has 0 unspecified atom stereocenters. The number of halogens is 3. The summed E-state index contributed by atoms with van der Waals surface area (Å²) in [7, 11) is 0. The van der Waals surface area contributed by atoms with Crippen LogP contribution in [0, 0.1) is 0 Å². The largest absolute Gasteiger partial charge is 0.416 e. The highest BCUT2D eigenvalue weighted by atomic mass is 19.4. The van der Waals surface area contributed by atoms with E-state index < -0.39 is 11.7 Å². The van der Waals surface area contributed by atoms with E-state index in [0.717, 1.165) is 56.8 Å². The molecule has 0 atom stereocenters. The second kappa shape index (κ2) is 6.90. The topological polar surface area (TPSA) is 15.3 Å². The molecule has 20 heavy (non-hydrogen) atoms. The summed E-state index contributed by atoms with van der Waals surface area (Å²) in [5.41, 5.74) is 0.194. The molecule has 0 bridgehead atoms. The molecule has 110 valence electrons. The molecule has 0 aromatic heterocycles. The van der Waals surface area contributed by atoms with Crippen LogP contribution in [0.3, 0.4) is 0 Å². The molecular weight excluding hydrogens is 265 g/mol. The molecule has 5 heteroatoms. The summed E-state index contributed by atoms with van der Waals surface area (Å²) < 4.78 is 37.3. The van der Waals surface area contributed by atoms with Crippen molar-refractivity contribution in [3.63, 3.8) is 0 Å². The van der Waals surface area contributed by atoms with E-state index in [1.165, 1.54) is 12.1 Å². The van der Waals surface area contributed by atoms with Gasteiger partial charge in [0.05, 0.1) is 5.56 Å². The second-order valence-electron chi connectivity index (χ2n) is 4.93. The van der Waals surface area contributed by atoms with Crippen molar-refractivity contribution < 1.29 is 13.2 Å². The first-order valence-electron chi connectivity index (χ1n) is 6.82. The van der Waals surface area contributed by atoms with Crippen LogP contribution in [0.25, 0.3) is 6.08 Å². The van der Waals surface area contributed by atoms with Crippen molar-refractivity contribution in [1.29, 1.82) is 0 Å². The first-order chi connectivity index (χ1) is 9.55. The molecule has 2 nitrogen and oxygen atoms in total. The highest BCUT2D eigenvalue weighted by Crippen LogP contribution is 2.29. The van der Waals surface area contributed by atoms with Crippen LogP contribution < -0.4 is 5.32 Å². The van der Waals surface area contributed by atoms with Gasteiger partial charge in [-0.1, -0.05) is 24.3 Å². The summed E-state index contributed by atoms with van der Waals surface area (Å²) in [5, 5.41) is 3.33. The van der Waals surface area contributed by atoms with Gasteiger partial charge in [0.2, 0.25) is 0 Å². The zero-order chi connectivity index (χ0) is 14.4. The Morgan fingerprint density at radius 1 is 1.10 bits per heavy atom. The summed E-state index contributed by atoms with van der Waals surface area (Å²) in [4.78, 5) is 2.33. The third-order valence-electron chi connectivity index (χ3n) is 3.34. The minimum Gasteiger partial charge on any atom is -0.315 e. The number of nitrogens with zero attached hydrogens (tertiary/aromatic N) is 1. The zero-order valence-electron chi connectivity index (χ0n) is 11.3. The lowest BCUT2D eigenvalue weighted by atomic mass is 10.1. The molecule has 0 aliphatic carbocycles. The minimum atomic E-state index is -4.26. The van der Waals surface area contributed by atoms with E-state index in [1.807, 2.05) is 12.2 Å². The molecule has 1 saturated heterocycles. The molecule has 0 radical (unpaired) electrons. The lowest BCUT2D eigenvalue weighted by Crippen LogP contribution is -2.28.